The van der Waals surface area contributed by atoms with Crippen LogP contribution in [0.25, 0.3) is 21.5 Å². The monoisotopic (exact) mass is 358 g/mol. The summed E-state index contributed by atoms with van der Waals surface area (Å²) in [6, 6.07) is 21.3. The zero-order chi connectivity index (χ0) is 18.4. The minimum absolute atomic E-state index is 0.263. The summed E-state index contributed by atoms with van der Waals surface area (Å²) in [6.45, 7) is 0. The summed E-state index contributed by atoms with van der Waals surface area (Å²) in [6.07, 6.45) is 3.83. The van der Waals surface area contributed by atoms with Crippen molar-refractivity contribution in [2.24, 2.45) is 0 Å². The standard InChI is InChI=1S/C25H20F2/c26-20-11-8-18(24(27)15-20)14-19-6-3-5-17-10-12-22-21-7-2-1-4-16(21)9-13-23(22)25(17)19/h1-2,4,7-13,15,19H,3,5-6,14H2. The highest BCUT2D eigenvalue weighted by atomic mass is 19.1. The SMILES string of the molecule is Fc1ccc(CC2CCCc3ccc4c(ccc5ccccc54)c32)c(F)c1. The van der Waals surface area contributed by atoms with Crippen molar-refractivity contribution in [3.05, 3.63) is 95.1 Å². The average molecular weight is 358 g/mol. The van der Waals surface area contributed by atoms with Crippen LogP contribution < -0.4 is 0 Å². The van der Waals surface area contributed by atoms with Crippen molar-refractivity contribution < 1.29 is 8.78 Å². The first kappa shape index (κ1) is 16.4. The van der Waals surface area contributed by atoms with Gasteiger partial charge in [0.15, 0.2) is 0 Å². The Morgan fingerprint density at radius 2 is 1.67 bits per heavy atom. The number of aryl methyl sites for hydroxylation is 1. The van der Waals surface area contributed by atoms with E-state index in [0.717, 1.165) is 25.3 Å². The van der Waals surface area contributed by atoms with Gasteiger partial charge in [0.05, 0.1) is 0 Å². The minimum atomic E-state index is -0.516. The lowest BCUT2D eigenvalue weighted by atomic mass is 9.77. The topological polar surface area (TPSA) is 0 Å². The molecular formula is C25H20F2. The van der Waals surface area contributed by atoms with E-state index in [-0.39, 0.29) is 5.92 Å². The number of halogens is 2. The second-order valence-electron chi connectivity index (χ2n) is 7.55. The van der Waals surface area contributed by atoms with Gasteiger partial charge in [-0.05, 0) is 75.9 Å². The number of benzene rings is 4. The highest BCUT2D eigenvalue weighted by Crippen LogP contribution is 2.40. The van der Waals surface area contributed by atoms with Crippen LogP contribution in [0.5, 0.6) is 0 Å². The van der Waals surface area contributed by atoms with E-state index in [1.807, 2.05) is 0 Å². The maximum Gasteiger partial charge on any atom is 0.129 e. The molecule has 0 saturated heterocycles. The second kappa shape index (κ2) is 6.45. The maximum absolute atomic E-state index is 14.3. The molecule has 1 aliphatic carbocycles. The molecule has 0 nitrogen and oxygen atoms in total. The fourth-order valence-electron chi connectivity index (χ4n) is 4.70. The zero-order valence-electron chi connectivity index (χ0n) is 15.0. The molecule has 0 spiro atoms. The van der Waals surface area contributed by atoms with Crippen molar-refractivity contribution in [1.29, 1.82) is 0 Å². The number of rotatable bonds is 2. The molecule has 1 aliphatic rings. The normalized spacial score (nSPS) is 16.6. The van der Waals surface area contributed by atoms with Crippen molar-refractivity contribution in [2.45, 2.75) is 31.6 Å². The quantitative estimate of drug-likeness (QED) is 0.341. The minimum Gasteiger partial charge on any atom is -0.207 e. The van der Waals surface area contributed by atoms with Crippen molar-refractivity contribution >= 4 is 21.5 Å². The number of hydrogen-bond acceptors (Lipinski definition) is 0. The molecule has 134 valence electrons. The summed E-state index contributed by atoms with van der Waals surface area (Å²) in [5.74, 6) is -0.691. The highest BCUT2D eigenvalue weighted by Gasteiger charge is 2.24. The van der Waals surface area contributed by atoms with E-state index in [1.54, 1.807) is 6.07 Å². The highest BCUT2D eigenvalue weighted by molar-refractivity contribution is 6.08. The summed E-state index contributed by atoms with van der Waals surface area (Å²) in [5.41, 5.74) is 3.33. The summed E-state index contributed by atoms with van der Waals surface area (Å²) in [5, 5.41) is 5.04. The Morgan fingerprint density at radius 1 is 0.815 bits per heavy atom. The van der Waals surface area contributed by atoms with Crippen molar-refractivity contribution in [1.82, 2.24) is 0 Å². The third kappa shape index (κ3) is 2.80. The van der Waals surface area contributed by atoms with Crippen molar-refractivity contribution in [3.63, 3.8) is 0 Å². The van der Waals surface area contributed by atoms with Crippen LogP contribution >= 0.6 is 0 Å². The fraction of sp³-hybridized carbons (Fsp3) is 0.200. The largest absolute Gasteiger partial charge is 0.207 e. The van der Waals surface area contributed by atoms with Gasteiger partial charge < -0.3 is 0 Å². The molecule has 1 unspecified atom stereocenters. The predicted molar refractivity (Wildman–Crippen MR) is 107 cm³/mol. The van der Waals surface area contributed by atoms with E-state index >= 15 is 0 Å². The van der Waals surface area contributed by atoms with Gasteiger partial charge in [0.2, 0.25) is 0 Å². The van der Waals surface area contributed by atoms with Gasteiger partial charge in [-0.15, -0.1) is 0 Å². The lowest BCUT2D eigenvalue weighted by molar-refractivity contribution is 0.527. The molecule has 0 radical (unpaired) electrons. The smallest absolute Gasteiger partial charge is 0.129 e. The number of hydrogen-bond donors (Lipinski definition) is 0. The van der Waals surface area contributed by atoms with Crippen molar-refractivity contribution in [3.8, 4) is 0 Å². The predicted octanol–water partition coefficient (Wildman–Crippen LogP) is 6.93. The lowest BCUT2D eigenvalue weighted by Gasteiger charge is -2.28. The molecule has 0 bridgehead atoms. The average Bonchev–Trinajstić information content (AvgIpc) is 2.69. The molecule has 0 heterocycles. The van der Waals surface area contributed by atoms with Crippen LogP contribution in [0.4, 0.5) is 8.78 Å². The molecule has 0 fully saturated rings. The van der Waals surface area contributed by atoms with E-state index < -0.39 is 11.6 Å². The fourth-order valence-corrected chi connectivity index (χ4v) is 4.70. The van der Waals surface area contributed by atoms with Crippen LogP contribution in [0, 0.1) is 11.6 Å². The Hall–Kier alpha value is -2.74. The van der Waals surface area contributed by atoms with E-state index in [9.17, 15) is 8.78 Å². The van der Waals surface area contributed by atoms with Gasteiger partial charge in [-0.1, -0.05) is 54.6 Å². The van der Waals surface area contributed by atoms with Gasteiger partial charge in [0.25, 0.3) is 0 Å². The summed E-state index contributed by atoms with van der Waals surface area (Å²) in [7, 11) is 0. The summed E-state index contributed by atoms with van der Waals surface area (Å²) < 4.78 is 27.5. The molecule has 0 amide bonds. The third-order valence-corrected chi connectivity index (χ3v) is 5.95. The van der Waals surface area contributed by atoms with Gasteiger partial charge in [-0.25, -0.2) is 8.78 Å². The van der Waals surface area contributed by atoms with E-state index in [4.69, 9.17) is 0 Å². The maximum atomic E-state index is 14.3. The van der Waals surface area contributed by atoms with Crippen LogP contribution in [0.2, 0.25) is 0 Å². The first-order valence-corrected chi connectivity index (χ1v) is 9.58. The molecule has 0 aliphatic heterocycles. The van der Waals surface area contributed by atoms with E-state index in [0.29, 0.717) is 12.0 Å². The van der Waals surface area contributed by atoms with Crippen LogP contribution in [-0.4, -0.2) is 0 Å². The van der Waals surface area contributed by atoms with Crippen molar-refractivity contribution in [2.75, 3.05) is 0 Å². The Kier molecular flexibility index (Phi) is 3.93. The van der Waals surface area contributed by atoms with Crippen LogP contribution in [0.1, 0.15) is 35.4 Å². The second-order valence-corrected chi connectivity index (χ2v) is 7.55. The Bertz CT molecular complexity index is 1160. The third-order valence-electron chi connectivity index (χ3n) is 5.95. The van der Waals surface area contributed by atoms with Gasteiger partial charge in [-0.3, -0.25) is 0 Å². The van der Waals surface area contributed by atoms with E-state index in [1.165, 1.54) is 38.7 Å². The van der Waals surface area contributed by atoms with Gasteiger partial charge in [0.1, 0.15) is 11.6 Å². The Morgan fingerprint density at radius 3 is 2.56 bits per heavy atom. The molecule has 0 aromatic heterocycles. The summed E-state index contributed by atoms with van der Waals surface area (Å²) in [4.78, 5) is 0. The zero-order valence-corrected chi connectivity index (χ0v) is 15.0. The van der Waals surface area contributed by atoms with Crippen LogP contribution in [0.3, 0.4) is 0 Å². The van der Waals surface area contributed by atoms with E-state index in [2.05, 4.69) is 48.5 Å². The Labute approximate surface area is 157 Å². The van der Waals surface area contributed by atoms with Gasteiger partial charge in [0, 0.05) is 6.07 Å². The molecule has 1 atom stereocenters. The molecule has 4 aromatic rings. The molecular weight excluding hydrogens is 338 g/mol. The Balaban J connectivity index is 1.67. The molecule has 0 N–H and O–H groups in total. The van der Waals surface area contributed by atoms with Crippen LogP contribution in [-0.2, 0) is 12.8 Å². The molecule has 2 heteroatoms. The van der Waals surface area contributed by atoms with Crippen LogP contribution in [0.15, 0.2) is 66.7 Å². The lowest BCUT2D eigenvalue weighted by Crippen LogP contribution is -2.13. The van der Waals surface area contributed by atoms with Gasteiger partial charge in [-0.2, -0.15) is 0 Å². The molecule has 4 aromatic carbocycles. The molecule has 27 heavy (non-hydrogen) atoms. The summed E-state index contributed by atoms with van der Waals surface area (Å²) >= 11 is 0. The van der Waals surface area contributed by atoms with Gasteiger partial charge >= 0.3 is 0 Å². The first-order chi connectivity index (χ1) is 13.2. The first-order valence-electron chi connectivity index (χ1n) is 9.58. The number of fused-ring (bicyclic) bond motifs is 5. The molecule has 0 saturated carbocycles. The molecule has 5 rings (SSSR count).